The molecule has 2 aromatic carbocycles. The Labute approximate surface area is 199 Å². The third kappa shape index (κ3) is 5.08. The Morgan fingerprint density at radius 2 is 1.81 bits per heavy atom. The first-order valence-corrected chi connectivity index (χ1v) is 11.2. The third-order valence-corrected chi connectivity index (χ3v) is 6.38. The van der Waals surface area contributed by atoms with Gasteiger partial charge in [0.1, 0.15) is 23.7 Å². The number of ether oxygens (including phenoxy) is 3. The largest absolute Gasteiger partial charge is 0.497 e. The summed E-state index contributed by atoms with van der Waals surface area (Å²) in [4.78, 5) is 13.8. The minimum absolute atomic E-state index is 0.0863. The van der Waals surface area contributed by atoms with E-state index in [0.717, 1.165) is 0 Å². The van der Waals surface area contributed by atoms with Crippen LogP contribution in [0.4, 0.5) is 4.79 Å². The number of carboxylic acid groups (broad SMARTS) is 1. The van der Waals surface area contributed by atoms with Crippen LogP contribution in [0.25, 0.3) is 0 Å². The Morgan fingerprint density at radius 3 is 2.38 bits per heavy atom. The second-order valence-corrected chi connectivity index (χ2v) is 9.74. The monoisotopic (exact) mass is 481 g/mol. The molecule has 1 aliphatic heterocycles. The molecular formula is C24H29Cl2NO5. The summed E-state index contributed by atoms with van der Waals surface area (Å²) < 4.78 is 17.9. The van der Waals surface area contributed by atoms with Gasteiger partial charge in [0.25, 0.3) is 0 Å². The van der Waals surface area contributed by atoms with Gasteiger partial charge in [-0.1, -0.05) is 50.0 Å². The summed E-state index contributed by atoms with van der Waals surface area (Å²) in [6.45, 7) is 6.83. The van der Waals surface area contributed by atoms with E-state index in [0.29, 0.717) is 46.7 Å². The topological polar surface area (TPSA) is 68.2 Å². The van der Waals surface area contributed by atoms with Gasteiger partial charge in [0.15, 0.2) is 0 Å². The summed E-state index contributed by atoms with van der Waals surface area (Å²) in [6, 6.07) is 11.9. The first kappa shape index (κ1) is 24.5. The Bertz CT molecular complexity index is 944. The predicted molar refractivity (Wildman–Crippen MR) is 125 cm³/mol. The van der Waals surface area contributed by atoms with Crippen molar-refractivity contribution in [3.8, 4) is 11.5 Å². The van der Waals surface area contributed by atoms with E-state index >= 15 is 0 Å². The minimum Gasteiger partial charge on any atom is -0.497 e. The SMILES string of the molecule is COc1ccc(OCC2(c3ccc(Cl)c(Cl)c3)OCCCN(C(=O)O)C2C(C)(C)C)cc1. The molecule has 0 aliphatic carbocycles. The summed E-state index contributed by atoms with van der Waals surface area (Å²) in [5.74, 6) is 1.33. The fourth-order valence-electron chi connectivity index (χ4n) is 4.39. The molecule has 0 spiro atoms. The van der Waals surface area contributed by atoms with Crippen LogP contribution in [0, 0.1) is 5.41 Å². The molecule has 6 nitrogen and oxygen atoms in total. The summed E-state index contributed by atoms with van der Waals surface area (Å²) in [5.41, 5.74) is -0.868. The van der Waals surface area contributed by atoms with Crippen molar-refractivity contribution >= 4 is 29.3 Å². The molecule has 0 radical (unpaired) electrons. The van der Waals surface area contributed by atoms with Crippen molar-refractivity contribution in [2.45, 2.75) is 38.8 Å². The van der Waals surface area contributed by atoms with Crippen LogP contribution in [-0.2, 0) is 10.3 Å². The van der Waals surface area contributed by atoms with E-state index in [9.17, 15) is 9.90 Å². The van der Waals surface area contributed by atoms with E-state index in [-0.39, 0.29) is 6.61 Å². The second kappa shape index (κ2) is 9.77. The van der Waals surface area contributed by atoms with Gasteiger partial charge in [-0.3, -0.25) is 0 Å². The normalized spacial score (nSPS) is 21.7. The lowest BCUT2D eigenvalue weighted by atomic mass is 9.72. The molecule has 2 aromatic rings. The first-order valence-electron chi connectivity index (χ1n) is 10.4. The molecular weight excluding hydrogens is 453 g/mol. The zero-order chi connectivity index (χ0) is 23.5. The predicted octanol–water partition coefficient (Wildman–Crippen LogP) is 6.09. The highest BCUT2D eigenvalue weighted by atomic mass is 35.5. The van der Waals surface area contributed by atoms with E-state index in [1.807, 2.05) is 26.8 Å². The van der Waals surface area contributed by atoms with Crippen LogP contribution >= 0.6 is 23.2 Å². The van der Waals surface area contributed by atoms with E-state index in [4.69, 9.17) is 37.4 Å². The number of methoxy groups -OCH3 is 1. The van der Waals surface area contributed by atoms with Crippen molar-refractivity contribution in [2.75, 3.05) is 26.9 Å². The molecule has 1 N–H and O–H groups in total. The number of amides is 1. The van der Waals surface area contributed by atoms with Crippen molar-refractivity contribution in [3.63, 3.8) is 0 Å². The minimum atomic E-state index is -1.11. The first-order chi connectivity index (χ1) is 15.1. The van der Waals surface area contributed by atoms with Gasteiger partial charge in [0.05, 0.1) is 23.2 Å². The Balaban J connectivity index is 2.13. The van der Waals surface area contributed by atoms with Gasteiger partial charge in [-0.2, -0.15) is 0 Å². The number of rotatable bonds is 5. The van der Waals surface area contributed by atoms with Crippen LogP contribution in [0.2, 0.25) is 10.0 Å². The fraction of sp³-hybridized carbons (Fsp3) is 0.458. The van der Waals surface area contributed by atoms with Crippen molar-refractivity contribution in [1.82, 2.24) is 4.90 Å². The summed E-state index contributed by atoms with van der Waals surface area (Å²) in [7, 11) is 1.60. The van der Waals surface area contributed by atoms with Crippen LogP contribution in [0.3, 0.4) is 0 Å². The van der Waals surface area contributed by atoms with Crippen molar-refractivity contribution in [3.05, 3.63) is 58.1 Å². The molecule has 0 bridgehead atoms. The quantitative estimate of drug-likeness (QED) is 0.559. The molecule has 2 atom stereocenters. The number of carbonyl (C=O) groups is 1. The van der Waals surface area contributed by atoms with E-state index in [1.165, 1.54) is 4.90 Å². The molecule has 0 saturated carbocycles. The van der Waals surface area contributed by atoms with Gasteiger partial charge >= 0.3 is 6.09 Å². The lowest BCUT2D eigenvalue weighted by Crippen LogP contribution is -2.60. The van der Waals surface area contributed by atoms with E-state index < -0.39 is 23.2 Å². The van der Waals surface area contributed by atoms with Gasteiger partial charge in [-0.15, -0.1) is 0 Å². The number of benzene rings is 2. The molecule has 8 heteroatoms. The van der Waals surface area contributed by atoms with Crippen molar-refractivity contribution in [1.29, 1.82) is 0 Å². The molecule has 3 rings (SSSR count). The summed E-state index contributed by atoms with van der Waals surface area (Å²) in [6.07, 6.45) is -0.422. The number of halogens is 2. The zero-order valence-electron chi connectivity index (χ0n) is 18.7. The van der Waals surface area contributed by atoms with Crippen LogP contribution in [0.1, 0.15) is 32.8 Å². The molecule has 1 saturated heterocycles. The smallest absolute Gasteiger partial charge is 0.407 e. The van der Waals surface area contributed by atoms with Crippen LogP contribution in [0.5, 0.6) is 11.5 Å². The van der Waals surface area contributed by atoms with Crippen molar-refractivity contribution in [2.24, 2.45) is 5.41 Å². The fourth-order valence-corrected chi connectivity index (χ4v) is 4.69. The van der Waals surface area contributed by atoms with Gasteiger partial charge in [0, 0.05) is 13.2 Å². The molecule has 1 amide bonds. The van der Waals surface area contributed by atoms with Gasteiger partial charge in [0.2, 0.25) is 0 Å². The molecule has 1 aliphatic rings. The molecule has 1 fully saturated rings. The Hall–Kier alpha value is -2.15. The van der Waals surface area contributed by atoms with Gasteiger partial charge < -0.3 is 24.2 Å². The number of hydrogen-bond donors (Lipinski definition) is 1. The van der Waals surface area contributed by atoms with E-state index in [1.54, 1.807) is 43.5 Å². The van der Waals surface area contributed by atoms with Crippen LogP contribution < -0.4 is 9.47 Å². The lowest BCUT2D eigenvalue weighted by molar-refractivity contribution is -0.134. The molecule has 32 heavy (non-hydrogen) atoms. The molecule has 1 heterocycles. The zero-order valence-corrected chi connectivity index (χ0v) is 20.2. The highest BCUT2D eigenvalue weighted by Gasteiger charge is 2.53. The maximum absolute atomic E-state index is 12.3. The molecule has 2 unspecified atom stereocenters. The maximum Gasteiger partial charge on any atom is 0.407 e. The molecule has 0 aromatic heterocycles. The lowest BCUT2D eigenvalue weighted by Gasteiger charge is -2.49. The second-order valence-electron chi connectivity index (χ2n) is 8.93. The van der Waals surface area contributed by atoms with Crippen LogP contribution in [-0.4, -0.2) is 49.0 Å². The summed E-state index contributed by atoms with van der Waals surface area (Å²) >= 11 is 12.6. The van der Waals surface area contributed by atoms with Crippen LogP contribution in [0.15, 0.2) is 42.5 Å². The Morgan fingerprint density at radius 1 is 1.16 bits per heavy atom. The number of hydrogen-bond acceptors (Lipinski definition) is 4. The molecule has 174 valence electrons. The van der Waals surface area contributed by atoms with Gasteiger partial charge in [-0.05, 0) is 53.8 Å². The van der Waals surface area contributed by atoms with E-state index in [2.05, 4.69) is 0 Å². The standard InChI is InChI=1S/C24H29Cl2NO5/c1-23(2,3)21-24(16-6-11-19(25)20(26)14-16,32-13-5-12-27(21)22(28)29)15-31-18-9-7-17(30-4)8-10-18/h6-11,14,21H,5,12-13,15H2,1-4H3,(H,28,29). The highest BCUT2D eigenvalue weighted by Crippen LogP contribution is 2.45. The van der Waals surface area contributed by atoms with Crippen molar-refractivity contribution < 1.29 is 24.1 Å². The average Bonchev–Trinajstić information content (AvgIpc) is 2.95. The average molecular weight is 482 g/mol. The highest BCUT2D eigenvalue weighted by molar-refractivity contribution is 6.42. The number of nitrogens with zero attached hydrogens (tertiary/aromatic N) is 1. The Kier molecular flexibility index (Phi) is 7.48. The maximum atomic E-state index is 12.3. The third-order valence-electron chi connectivity index (χ3n) is 5.64. The van der Waals surface area contributed by atoms with Gasteiger partial charge in [-0.25, -0.2) is 4.79 Å². The summed E-state index contributed by atoms with van der Waals surface area (Å²) in [5, 5.41) is 10.9.